The van der Waals surface area contributed by atoms with Gasteiger partial charge in [-0.15, -0.1) is 0 Å². The minimum absolute atomic E-state index is 0.0391. The number of carbonyl (C=O) groups excluding carboxylic acids is 1. The predicted octanol–water partition coefficient (Wildman–Crippen LogP) is 7.31. The molecule has 2 saturated heterocycles. The molecule has 0 saturated carbocycles. The van der Waals surface area contributed by atoms with E-state index >= 15 is 0 Å². The Morgan fingerprint density at radius 2 is 1.63 bits per heavy atom. The van der Waals surface area contributed by atoms with Crippen LogP contribution in [-0.2, 0) is 27.3 Å². The van der Waals surface area contributed by atoms with Gasteiger partial charge in [-0.2, -0.15) is 26.3 Å². The fourth-order valence-corrected chi connectivity index (χ4v) is 8.22. The number of halogens is 7. The maximum absolute atomic E-state index is 14.6. The van der Waals surface area contributed by atoms with E-state index < -0.39 is 44.6 Å². The van der Waals surface area contributed by atoms with Crippen LogP contribution in [0.2, 0.25) is 5.02 Å². The summed E-state index contributed by atoms with van der Waals surface area (Å²) in [5.41, 5.74) is -1.76. The third kappa shape index (κ3) is 8.38. The van der Waals surface area contributed by atoms with Gasteiger partial charge in [0, 0.05) is 48.4 Å². The van der Waals surface area contributed by atoms with E-state index in [2.05, 4.69) is 15.2 Å². The van der Waals surface area contributed by atoms with Gasteiger partial charge < -0.3 is 10.1 Å². The van der Waals surface area contributed by atoms with Gasteiger partial charge in [0.15, 0.2) is 15.9 Å². The van der Waals surface area contributed by atoms with Gasteiger partial charge in [-0.05, 0) is 55.8 Å². The molecule has 16 heteroatoms. The van der Waals surface area contributed by atoms with Crippen molar-refractivity contribution in [1.82, 2.24) is 20.1 Å². The van der Waals surface area contributed by atoms with E-state index in [1.807, 2.05) is 4.90 Å². The number of pyridine rings is 1. The van der Waals surface area contributed by atoms with Crippen molar-refractivity contribution in [2.24, 2.45) is 0 Å². The molecule has 0 aliphatic carbocycles. The van der Waals surface area contributed by atoms with Crippen molar-refractivity contribution in [3.05, 3.63) is 94.0 Å². The smallest absolute Gasteiger partial charge is 0.379 e. The number of alkyl halides is 6. The van der Waals surface area contributed by atoms with Crippen LogP contribution < -0.4 is 5.32 Å². The molecule has 3 heterocycles. The largest absolute Gasteiger partial charge is 0.416 e. The Hall–Kier alpha value is -3.76. The summed E-state index contributed by atoms with van der Waals surface area (Å²) in [6.45, 7) is 3.71. The van der Waals surface area contributed by atoms with E-state index in [-0.39, 0.29) is 56.5 Å². The third-order valence-electron chi connectivity index (χ3n) is 9.47. The van der Waals surface area contributed by atoms with Gasteiger partial charge in [-0.25, -0.2) is 13.4 Å². The number of benzene rings is 3. The monoisotopic (exact) mass is 768 g/mol. The molecule has 1 amide bonds. The highest BCUT2D eigenvalue weighted by Crippen LogP contribution is 2.39. The first kappa shape index (κ1) is 38.0. The SMILES string of the molecule is CS(=O)(=O)c1cc2c(C(=O)N[C@H](c3ccccc3)C(F)(F)F)c(CN3CCC(N4CCOCC4)CC3)c(-c3cccc(C(F)(F)F)c3)nc2cc1Cl. The van der Waals surface area contributed by atoms with Crippen LogP contribution in [0.5, 0.6) is 0 Å². The predicted molar refractivity (Wildman–Crippen MR) is 184 cm³/mol. The van der Waals surface area contributed by atoms with Crippen molar-refractivity contribution in [3.63, 3.8) is 0 Å². The number of fused-ring (bicyclic) bond motifs is 1. The molecule has 52 heavy (non-hydrogen) atoms. The number of ether oxygens (including phenoxy) is 1. The normalized spacial score (nSPS) is 17.7. The highest BCUT2D eigenvalue weighted by molar-refractivity contribution is 7.90. The zero-order chi connectivity index (χ0) is 37.4. The number of morpholine rings is 1. The first-order chi connectivity index (χ1) is 24.5. The van der Waals surface area contributed by atoms with Crippen LogP contribution in [0.4, 0.5) is 26.3 Å². The molecule has 2 aliphatic heterocycles. The molecular weight excluding hydrogens is 734 g/mol. The molecule has 8 nitrogen and oxygen atoms in total. The zero-order valence-corrected chi connectivity index (χ0v) is 29.5. The van der Waals surface area contributed by atoms with Gasteiger partial charge in [-0.3, -0.25) is 14.6 Å². The summed E-state index contributed by atoms with van der Waals surface area (Å²) in [6, 6.07) is 11.0. The lowest BCUT2D eigenvalue weighted by Gasteiger charge is -2.40. The number of amides is 1. The van der Waals surface area contributed by atoms with Crippen molar-refractivity contribution < 1.29 is 44.3 Å². The number of aromatic nitrogens is 1. The molecule has 1 aromatic heterocycles. The van der Waals surface area contributed by atoms with Crippen LogP contribution in [-0.4, -0.2) is 87.0 Å². The van der Waals surface area contributed by atoms with Crippen LogP contribution in [0.25, 0.3) is 22.2 Å². The summed E-state index contributed by atoms with van der Waals surface area (Å²) < 4.78 is 117. The van der Waals surface area contributed by atoms with Crippen LogP contribution >= 0.6 is 11.6 Å². The van der Waals surface area contributed by atoms with Gasteiger partial charge in [0.1, 0.15) is 0 Å². The van der Waals surface area contributed by atoms with Crippen LogP contribution in [0.3, 0.4) is 0 Å². The van der Waals surface area contributed by atoms with E-state index in [0.29, 0.717) is 26.3 Å². The number of hydrogen-bond donors (Lipinski definition) is 1. The Balaban J connectivity index is 1.54. The molecule has 2 aliphatic rings. The van der Waals surface area contributed by atoms with Gasteiger partial charge in [0.25, 0.3) is 5.91 Å². The van der Waals surface area contributed by atoms with Crippen LogP contribution in [0.1, 0.15) is 45.9 Å². The fraction of sp³-hybridized carbons (Fsp3) is 0.389. The first-order valence-corrected chi connectivity index (χ1v) is 18.8. The number of likely N-dealkylation sites (tertiary alicyclic amines) is 1. The molecule has 4 aromatic rings. The molecule has 278 valence electrons. The maximum Gasteiger partial charge on any atom is 0.416 e. The van der Waals surface area contributed by atoms with Gasteiger partial charge >= 0.3 is 12.4 Å². The molecule has 0 bridgehead atoms. The quantitative estimate of drug-likeness (QED) is 0.188. The van der Waals surface area contributed by atoms with E-state index in [1.54, 1.807) is 0 Å². The molecule has 0 radical (unpaired) electrons. The zero-order valence-electron chi connectivity index (χ0n) is 27.9. The average Bonchev–Trinajstić information content (AvgIpc) is 3.10. The minimum Gasteiger partial charge on any atom is -0.379 e. The molecular formula is C36H35ClF6N4O4S. The van der Waals surface area contributed by atoms with E-state index in [4.69, 9.17) is 16.3 Å². The molecule has 0 spiro atoms. The van der Waals surface area contributed by atoms with Crippen molar-refractivity contribution in [1.29, 1.82) is 0 Å². The molecule has 0 unspecified atom stereocenters. The Morgan fingerprint density at radius 3 is 2.25 bits per heavy atom. The highest BCUT2D eigenvalue weighted by Gasteiger charge is 2.43. The van der Waals surface area contributed by atoms with E-state index in [1.165, 1.54) is 42.5 Å². The number of rotatable bonds is 8. The molecule has 2 fully saturated rings. The first-order valence-electron chi connectivity index (χ1n) is 16.5. The van der Waals surface area contributed by atoms with E-state index in [9.17, 15) is 39.6 Å². The lowest BCUT2D eigenvalue weighted by Crippen LogP contribution is -2.48. The van der Waals surface area contributed by atoms with Crippen molar-refractivity contribution in [3.8, 4) is 11.3 Å². The summed E-state index contributed by atoms with van der Waals surface area (Å²) in [7, 11) is -4.02. The summed E-state index contributed by atoms with van der Waals surface area (Å²) in [4.78, 5) is 23.0. The summed E-state index contributed by atoms with van der Waals surface area (Å²) in [6.07, 6.45) is -7.36. The van der Waals surface area contributed by atoms with Gasteiger partial charge in [0.05, 0.1) is 45.5 Å². The third-order valence-corrected chi connectivity index (χ3v) is 11.0. The fourth-order valence-electron chi connectivity index (χ4n) is 6.90. The molecule has 3 aromatic carbocycles. The second-order valence-electron chi connectivity index (χ2n) is 13.0. The maximum atomic E-state index is 14.6. The van der Waals surface area contributed by atoms with Gasteiger partial charge in [0.2, 0.25) is 0 Å². The number of sulfone groups is 1. The number of nitrogens with zero attached hydrogens (tertiary/aromatic N) is 3. The highest BCUT2D eigenvalue weighted by atomic mass is 35.5. The summed E-state index contributed by atoms with van der Waals surface area (Å²) >= 11 is 6.36. The minimum atomic E-state index is -4.95. The van der Waals surface area contributed by atoms with Crippen molar-refractivity contribution >= 4 is 38.2 Å². The Labute approximate surface area is 301 Å². The second-order valence-corrected chi connectivity index (χ2v) is 15.4. The van der Waals surface area contributed by atoms with Crippen molar-refractivity contribution in [2.75, 3.05) is 45.6 Å². The summed E-state index contributed by atoms with van der Waals surface area (Å²) in [5, 5.41) is 1.71. The molecule has 6 rings (SSSR count). The topological polar surface area (TPSA) is 91.8 Å². The Bertz CT molecular complexity index is 2050. The van der Waals surface area contributed by atoms with Crippen LogP contribution in [0.15, 0.2) is 71.6 Å². The Kier molecular flexibility index (Phi) is 10.9. The molecule has 1 N–H and O–H groups in total. The average molecular weight is 769 g/mol. The van der Waals surface area contributed by atoms with Crippen LogP contribution in [0, 0.1) is 0 Å². The number of carbonyl (C=O) groups is 1. The van der Waals surface area contributed by atoms with Crippen molar-refractivity contribution in [2.45, 2.75) is 48.7 Å². The lowest BCUT2D eigenvalue weighted by atomic mass is 9.93. The lowest BCUT2D eigenvalue weighted by molar-refractivity contribution is -0.155. The number of piperidine rings is 1. The van der Waals surface area contributed by atoms with E-state index in [0.717, 1.165) is 56.5 Å². The number of nitrogens with one attached hydrogen (secondary N) is 1. The number of hydrogen-bond acceptors (Lipinski definition) is 7. The van der Waals surface area contributed by atoms with Gasteiger partial charge in [-0.1, -0.05) is 54.1 Å². The standard InChI is InChI=1S/C36H35ClF6N4O4S/c1-52(49,50)30-19-26-29(20-28(30)37)44-32(23-8-5-9-24(18-23)35(38,39)40)27(21-46-12-10-25(11-13-46)47-14-16-51-17-15-47)31(26)34(48)45-33(36(41,42)43)22-6-3-2-4-7-22/h2-9,18-20,25,33H,10-17,21H2,1H3,(H,45,48)/t33-/m1/s1. The second kappa shape index (κ2) is 14.9. The Morgan fingerprint density at radius 1 is 0.962 bits per heavy atom. The molecule has 1 atom stereocenters. The summed E-state index contributed by atoms with van der Waals surface area (Å²) in [5.74, 6) is -1.22.